The number of amides is 2. The Morgan fingerprint density at radius 3 is 2.46 bits per heavy atom. The van der Waals surface area contributed by atoms with Crippen LogP contribution in [0.3, 0.4) is 0 Å². The highest BCUT2D eigenvalue weighted by Gasteiger charge is 2.40. The van der Waals surface area contributed by atoms with E-state index in [-0.39, 0.29) is 30.4 Å². The molecule has 0 saturated carbocycles. The van der Waals surface area contributed by atoms with Crippen LogP contribution < -0.4 is 5.32 Å². The molecule has 1 N–H and O–H groups in total. The van der Waals surface area contributed by atoms with Crippen LogP contribution >= 0.6 is 0 Å². The molecule has 2 atom stereocenters. The predicted molar refractivity (Wildman–Crippen MR) is 139 cm³/mol. The number of hydrogen-bond acceptors (Lipinski definition) is 2. The minimum atomic E-state index is -0.296. The Kier molecular flexibility index (Phi) is 6.16. The van der Waals surface area contributed by atoms with E-state index in [0.29, 0.717) is 5.56 Å². The molecule has 35 heavy (non-hydrogen) atoms. The SMILES string of the molecule is Cc1c(C2c3ccccc3C(=O)N2CC(=O)NC(C)CCc2ccccc2)c2ccccc2n1C. The lowest BCUT2D eigenvalue weighted by molar-refractivity contribution is -0.122. The average Bonchev–Trinajstić information content (AvgIpc) is 3.28. The van der Waals surface area contributed by atoms with Crippen molar-refractivity contribution >= 4 is 22.7 Å². The number of benzene rings is 3. The summed E-state index contributed by atoms with van der Waals surface area (Å²) in [6.45, 7) is 4.13. The van der Waals surface area contributed by atoms with Crippen LogP contribution in [0.4, 0.5) is 0 Å². The number of para-hydroxylation sites is 1. The van der Waals surface area contributed by atoms with Crippen molar-refractivity contribution in [1.82, 2.24) is 14.8 Å². The molecule has 0 radical (unpaired) electrons. The summed E-state index contributed by atoms with van der Waals surface area (Å²) in [7, 11) is 2.05. The summed E-state index contributed by atoms with van der Waals surface area (Å²) in [5.74, 6) is -0.223. The van der Waals surface area contributed by atoms with Gasteiger partial charge in [0.25, 0.3) is 5.91 Å². The summed E-state index contributed by atoms with van der Waals surface area (Å²) in [5, 5.41) is 4.23. The van der Waals surface area contributed by atoms with Crippen LogP contribution in [0.1, 0.15) is 52.1 Å². The van der Waals surface area contributed by atoms with E-state index in [9.17, 15) is 9.59 Å². The number of nitrogens with zero attached hydrogens (tertiary/aromatic N) is 2. The summed E-state index contributed by atoms with van der Waals surface area (Å²) in [6.07, 6.45) is 1.74. The molecule has 0 bridgehead atoms. The maximum Gasteiger partial charge on any atom is 0.255 e. The summed E-state index contributed by atoms with van der Waals surface area (Å²) < 4.78 is 2.17. The van der Waals surface area contributed by atoms with Crippen molar-refractivity contribution in [3.05, 3.63) is 107 Å². The Balaban J connectivity index is 1.41. The normalized spacial score (nSPS) is 15.9. The van der Waals surface area contributed by atoms with Crippen molar-refractivity contribution < 1.29 is 9.59 Å². The maximum absolute atomic E-state index is 13.5. The second-order valence-electron chi connectivity index (χ2n) is 9.49. The summed E-state index contributed by atoms with van der Waals surface area (Å²) in [6, 6.07) is 26.0. The van der Waals surface area contributed by atoms with Crippen LogP contribution in [-0.2, 0) is 18.3 Å². The summed E-state index contributed by atoms with van der Waals surface area (Å²) in [4.78, 5) is 28.4. The van der Waals surface area contributed by atoms with Crippen LogP contribution in [-0.4, -0.2) is 33.9 Å². The lowest BCUT2D eigenvalue weighted by Gasteiger charge is -2.26. The minimum Gasteiger partial charge on any atom is -0.352 e. The van der Waals surface area contributed by atoms with Gasteiger partial charge in [0.1, 0.15) is 6.54 Å². The first-order chi connectivity index (χ1) is 17.0. The largest absolute Gasteiger partial charge is 0.352 e. The van der Waals surface area contributed by atoms with Gasteiger partial charge in [0, 0.05) is 40.8 Å². The minimum absolute atomic E-state index is 0.0144. The zero-order chi connectivity index (χ0) is 24.5. The molecule has 5 nitrogen and oxygen atoms in total. The second-order valence-corrected chi connectivity index (χ2v) is 9.49. The highest BCUT2D eigenvalue weighted by Crippen LogP contribution is 2.43. The highest BCUT2D eigenvalue weighted by atomic mass is 16.2. The number of carbonyl (C=O) groups is 2. The summed E-state index contributed by atoms with van der Waals surface area (Å²) in [5.41, 5.74) is 6.20. The molecule has 3 aromatic carbocycles. The molecule has 1 aliphatic rings. The van der Waals surface area contributed by atoms with Crippen molar-refractivity contribution in [2.45, 2.75) is 38.8 Å². The van der Waals surface area contributed by atoms with Crippen LogP contribution in [0.5, 0.6) is 0 Å². The van der Waals surface area contributed by atoms with E-state index >= 15 is 0 Å². The van der Waals surface area contributed by atoms with Crippen LogP contribution in [0.15, 0.2) is 78.9 Å². The van der Waals surface area contributed by atoms with Crippen molar-refractivity contribution in [2.24, 2.45) is 7.05 Å². The number of fused-ring (bicyclic) bond motifs is 2. The molecule has 0 spiro atoms. The van der Waals surface area contributed by atoms with Crippen molar-refractivity contribution in [3.63, 3.8) is 0 Å². The number of carbonyl (C=O) groups excluding carboxylic acids is 2. The zero-order valence-electron chi connectivity index (χ0n) is 20.5. The second kappa shape index (κ2) is 9.41. The van der Waals surface area contributed by atoms with Gasteiger partial charge in [-0.1, -0.05) is 66.7 Å². The standard InChI is InChI=1S/C30H31N3O2/c1-20(17-18-22-11-5-4-6-12-22)31-27(34)19-33-29(23-13-7-8-14-24(23)30(33)35)28-21(2)32(3)26-16-10-9-15-25(26)28/h4-16,20,29H,17-19H2,1-3H3,(H,31,34). The molecule has 0 fully saturated rings. The Morgan fingerprint density at radius 1 is 0.971 bits per heavy atom. The van der Waals surface area contributed by atoms with Crippen molar-refractivity contribution in [1.29, 1.82) is 0 Å². The van der Waals surface area contributed by atoms with Gasteiger partial charge >= 0.3 is 0 Å². The van der Waals surface area contributed by atoms with E-state index in [1.54, 1.807) is 4.90 Å². The van der Waals surface area contributed by atoms with E-state index < -0.39 is 0 Å². The Labute approximate surface area is 206 Å². The molecule has 178 valence electrons. The lowest BCUT2D eigenvalue weighted by atomic mass is 9.95. The summed E-state index contributed by atoms with van der Waals surface area (Å²) >= 11 is 0. The van der Waals surface area contributed by atoms with Crippen LogP contribution in [0, 0.1) is 6.92 Å². The monoisotopic (exact) mass is 465 g/mol. The Bertz CT molecular complexity index is 1390. The van der Waals surface area contributed by atoms with Gasteiger partial charge in [-0.25, -0.2) is 0 Å². The third-order valence-electron chi connectivity index (χ3n) is 7.21. The van der Waals surface area contributed by atoms with Crippen molar-refractivity contribution in [3.8, 4) is 0 Å². The smallest absolute Gasteiger partial charge is 0.255 e. The lowest BCUT2D eigenvalue weighted by Crippen LogP contribution is -2.42. The number of hydrogen-bond donors (Lipinski definition) is 1. The van der Waals surface area contributed by atoms with Gasteiger partial charge in [0.05, 0.1) is 6.04 Å². The molecule has 1 aromatic heterocycles. The molecule has 1 aliphatic heterocycles. The number of aromatic nitrogens is 1. The molecule has 2 unspecified atom stereocenters. The quantitative estimate of drug-likeness (QED) is 0.409. The molecule has 2 amide bonds. The first-order valence-electron chi connectivity index (χ1n) is 12.2. The molecule has 0 aliphatic carbocycles. The maximum atomic E-state index is 13.5. The molecule has 5 heteroatoms. The highest BCUT2D eigenvalue weighted by molar-refractivity contribution is 6.02. The van der Waals surface area contributed by atoms with Crippen LogP contribution in [0.25, 0.3) is 10.9 Å². The van der Waals surface area contributed by atoms with E-state index in [1.165, 1.54) is 5.56 Å². The first-order valence-corrected chi connectivity index (χ1v) is 12.2. The first kappa shape index (κ1) is 22.9. The molecule has 0 saturated heterocycles. The van der Waals surface area contributed by atoms with E-state index in [1.807, 2.05) is 61.5 Å². The fourth-order valence-electron chi connectivity index (χ4n) is 5.31. The predicted octanol–water partition coefficient (Wildman–Crippen LogP) is 5.17. The molecule has 2 heterocycles. The zero-order valence-corrected chi connectivity index (χ0v) is 20.5. The fourth-order valence-corrected chi connectivity index (χ4v) is 5.31. The van der Waals surface area contributed by atoms with Gasteiger partial charge in [-0.15, -0.1) is 0 Å². The topological polar surface area (TPSA) is 54.3 Å². The average molecular weight is 466 g/mol. The Morgan fingerprint density at radius 2 is 1.66 bits per heavy atom. The number of aryl methyl sites for hydroxylation is 2. The third-order valence-corrected chi connectivity index (χ3v) is 7.21. The fraction of sp³-hybridized carbons (Fsp3) is 0.267. The van der Waals surface area contributed by atoms with Crippen molar-refractivity contribution in [2.75, 3.05) is 6.54 Å². The van der Waals surface area contributed by atoms with E-state index in [2.05, 4.69) is 48.1 Å². The Hall–Kier alpha value is -3.86. The third kappa shape index (κ3) is 4.23. The van der Waals surface area contributed by atoms with E-state index in [4.69, 9.17) is 0 Å². The van der Waals surface area contributed by atoms with Gasteiger partial charge in [0.2, 0.25) is 5.91 Å². The number of nitrogens with one attached hydrogen (secondary N) is 1. The molecule has 4 aromatic rings. The molecular weight excluding hydrogens is 434 g/mol. The van der Waals surface area contributed by atoms with Gasteiger partial charge in [-0.2, -0.15) is 0 Å². The van der Waals surface area contributed by atoms with Gasteiger partial charge < -0.3 is 14.8 Å². The van der Waals surface area contributed by atoms with Gasteiger partial charge in [-0.3, -0.25) is 9.59 Å². The molecular formula is C30H31N3O2. The number of rotatable bonds is 7. The van der Waals surface area contributed by atoms with Gasteiger partial charge in [0.15, 0.2) is 0 Å². The van der Waals surface area contributed by atoms with Crippen LogP contribution in [0.2, 0.25) is 0 Å². The van der Waals surface area contributed by atoms with E-state index in [0.717, 1.165) is 40.6 Å². The molecule has 5 rings (SSSR count). The van der Waals surface area contributed by atoms with Gasteiger partial charge in [-0.05, 0) is 49.9 Å².